The van der Waals surface area contributed by atoms with E-state index in [4.69, 9.17) is 4.74 Å². The Kier molecular flexibility index (Phi) is 2.30. The lowest BCUT2D eigenvalue weighted by Crippen LogP contribution is -2.35. The normalized spacial score (nSPS) is 21.4. The fraction of sp³-hybridized carbons (Fsp3) is 0.417. The second-order valence-electron chi connectivity index (χ2n) is 5.09. The lowest BCUT2D eigenvalue weighted by Gasteiger charge is -2.31. The van der Waals surface area contributed by atoms with Crippen LogP contribution in [0.3, 0.4) is 0 Å². The third-order valence-electron chi connectivity index (χ3n) is 3.17. The number of hydrogen-bond donors (Lipinski definition) is 1. The fourth-order valence-electron chi connectivity index (χ4n) is 2.27. The van der Waals surface area contributed by atoms with E-state index in [0.717, 1.165) is 10.4 Å². The van der Waals surface area contributed by atoms with Gasteiger partial charge in [0.15, 0.2) is 0 Å². The van der Waals surface area contributed by atoms with E-state index < -0.39 is 5.91 Å². The van der Waals surface area contributed by atoms with Crippen molar-refractivity contribution in [3.63, 3.8) is 0 Å². The van der Waals surface area contributed by atoms with E-state index in [1.165, 1.54) is 11.3 Å². The predicted octanol–water partition coefficient (Wildman–Crippen LogP) is 2.82. The summed E-state index contributed by atoms with van der Waals surface area (Å²) in [6.45, 7) is 7.87. The Bertz CT molecular complexity index is 565. The summed E-state index contributed by atoms with van der Waals surface area (Å²) in [6.07, 6.45) is 0.613. The van der Waals surface area contributed by atoms with Crippen molar-refractivity contribution in [3.05, 3.63) is 28.4 Å². The van der Waals surface area contributed by atoms with Gasteiger partial charge < -0.3 is 10.1 Å². The number of hydrogen-bond acceptors (Lipinski definition) is 4. The molecule has 0 saturated carbocycles. The standard InChI is InChI=1S/C12H13FN2O2S/c1-6-14-10-9(11(16)15(6)13)7-4-12(2,3)17-5-8(7)18-10/h14H,1,4-5H2,2-3H3. The average molecular weight is 268 g/mol. The number of halogens is 1. The zero-order valence-electron chi connectivity index (χ0n) is 10.2. The Labute approximate surface area is 108 Å². The van der Waals surface area contributed by atoms with Crippen molar-refractivity contribution in [3.8, 4) is 0 Å². The van der Waals surface area contributed by atoms with E-state index in [1.54, 1.807) is 0 Å². The summed E-state index contributed by atoms with van der Waals surface area (Å²) in [5, 5.41) is 3.56. The molecule has 3 rings (SSSR count). The van der Waals surface area contributed by atoms with Crippen LogP contribution < -0.4 is 5.32 Å². The zero-order valence-corrected chi connectivity index (χ0v) is 11.0. The minimum absolute atomic E-state index is 0.0359. The number of anilines is 1. The Morgan fingerprint density at radius 2 is 2.28 bits per heavy atom. The molecule has 0 spiro atoms. The van der Waals surface area contributed by atoms with Crippen LogP contribution in [0.1, 0.15) is 34.6 Å². The minimum atomic E-state index is -0.635. The highest BCUT2D eigenvalue weighted by Crippen LogP contribution is 2.43. The van der Waals surface area contributed by atoms with Gasteiger partial charge in [0.2, 0.25) is 0 Å². The molecule has 3 heterocycles. The Morgan fingerprint density at radius 3 is 3.00 bits per heavy atom. The lowest BCUT2D eigenvalue weighted by molar-refractivity contribution is -0.0385. The van der Waals surface area contributed by atoms with Gasteiger partial charge in [-0.3, -0.25) is 4.79 Å². The molecule has 6 heteroatoms. The van der Waals surface area contributed by atoms with Gasteiger partial charge in [-0.05, 0) is 19.4 Å². The van der Waals surface area contributed by atoms with Gasteiger partial charge in [0.25, 0.3) is 5.91 Å². The molecule has 0 aliphatic carbocycles. The number of nitrogens with zero attached hydrogens (tertiary/aromatic N) is 1. The SMILES string of the molecule is C=C1Nc2sc3c(c2C(=O)N1F)CC(C)(C)OC3. The molecular formula is C12H13FN2O2S. The van der Waals surface area contributed by atoms with Crippen molar-refractivity contribution in [2.45, 2.75) is 32.5 Å². The van der Waals surface area contributed by atoms with E-state index in [2.05, 4.69) is 11.9 Å². The molecule has 1 amide bonds. The third-order valence-corrected chi connectivity index (χ3v) is 4.30. The number of amides is 1. The van der Waals surface area contributed by atoms with E-state index in [9.17, 15) is 9.28 Å². The van der Waals surface area contributed by atoms with Gasteiger partial charge >= 0.3 is 0 Å². The van der Waals surface area contributed by atoms with Crippen LogP contribution in [0.2, 0.25) is 0 Å². The molecule has 0 unspecified atom stereocenters. The molecule has 2 aliphatic rings. The van der Waals surface area contributed by atoms with E-state index in [0.29, 0.717) is 23.6 Å². The van der Waals surface area contributed by atoms with Crippen molar-refractivity contribution in [2.24, 2.45) is 0 Å². The van der Waals surface area contributed by atoms with E-state index in [-0.39, 0.29) is 16.5 Å². The highest BCUT2D eigenvalue weighted by Gasteiger charge is 2.38. The maximum atomic E-state index is 13.6. The van der Waals surface area contributed by atoms with Crippen molar-refractivity contribution in [1.29, 1.82) is 0 Å². The summed E-state index contributed by atoms with van der Waals surface area (Å²) in [6, 6.07) is 0. The number of rotatable bonds is 0. The summed E-state index contributed by atoms with van der Waals surface area (Å²) in [4.78, 5) is 13.0. The molecule has 0 atom stereocenters. The van der Waals surface area contributed by atoms with Crippen LogP contribution in [0.25, 0.3) is 0 Å². The van der Waals surface area contributed by atoms with Crippen LogP contribution in [-0.2, 0) is 17.8 Å². The number of carbonyl (C=O) groups is 1. The Morgan fingerprint density at radius 1 is 1.56 bits per heavy atom. The average Bonchev–Trinajstić information content (AvgIpc) is 2.62. The first-order valence-corrected chi connectivity index (χ1v) is 6.45. The second kappa shape index (κ2) is 3.55. The first kappa shape index (κ1) is 11.7. The van der Waals surface area contributed by atoms with Gasteiger partial charge in [0, 0.05) is 11.3 Å². The van der Waals surface area contributed by atoms with Gasteiger partial charge in [-0.2, -0.15) is 0 Å². The number of nitrogens with one attached hydrogen (secondary N) is 1. The molecule has 1 N–H and O–H groups in total. The van der Waals surface area contributed by atoms with E-state index >= 15 is 0 Å². The second-order valence-corrected chi connectivity index (χ2v) is 6.20. The number of carbonyl (C=O) groups excluding carboxylic acids is 1. The molecule has 96 valence electrons. The zero-order chi connectivity index (χ0) is 13.1. The lowest BCUT2D eigenvalue weighted by atomic mass is 9.92. The molecule has 0 saturated heterocycles. The van der Waals surface area contributed by atoms with Crippen LogP contribution in [0.5, 0.6) is 0 Å². The summed E-state index contributed by atoms with van der Waals surface area (Å²) in [7, 11) is 0. The van der Waals surface area contributed by atoms with Crippen LogP contribution in [-0.4, -0.2) is 16.6 Å². The first-order chi connectivity index (χ1) is 8.39. The van der Waals surface area contributed by atoms with Gasteiger partial charge in [-0.1, -0.05) is 11.1 Å². The van der Waals surface area contributed by atoms with Crippen molar-refractivity contribution in [2.75, 3.05) is 5.32 Å². The summed E-state index contributed by atoms with van der Waals surface area (Å²) < 4.78 is 19.3. The molecule has 0 radical (unpaired) electrons. The van der Waals surface area contributed by atoms with Gasteiger partial charge in [0.1, 0.15) is 10.8 Å². The minimum Gasteiger partial charge on any atom is -0.370 e. The van der Waals surface area contributed by atoms with Crippen LogP contribution in [0.15, 0.2) is 12.4 Å². The smallest absolute Gasteiger partial charge is 0.291 e. The fourth-order valence-corrected chi connectivity index (χ4v) is 3.41. The Hall–Kier alpha value is -1.40. The number of fused-ring (bicyclic) bond motifs is 3. The van der Waals surface area contributed by atoms with Gasteiger partial charge in [0.05, 0.1) is 17.8 Å². The van der Waals surface area contributed by atoms with Crippen molar-refractivity contribution < 1.29 is 14.0 Å². The van der Waals surface area contributed by atoms with E-state index in [1.807, 2.05) is 13.8 Å². The first-order valence-electron chi connectivity index (χ1n) is 5.64. The summed E-state index contributed by atoms with van der Waals surface area (Å²) in [5.74, 6) is -0.671. The number of thiophene rings is 1. The largest absolute Gasteiger partial charge is 0.370 e. The number of ether oxygens (including phenoxy) is 1. The summed E-state index contributed by atoms with van der Waals surface area (Å²) in [5.41, 5.74) is 1.01. The topological polar surface area (TPSA) is 41.6 Å². The molecule has 2 aliphatic heterocycles. The highest BCUT2D eigenvalue weighted by molar-refractivity contribution is 7.16. The molecule has 4 nitrogen and oxygen atoms in total. The van der Waals surface area contributed by atoms with Gasteiger partial charge in [-0.25, -0.2) is 0 Å². The van der Waals surface area contributed by atoms with Crippen LogP contribution in [0.4, 0.5) is 9.48 Å². The summed E-state index contributed by atoms with van der Waals surface area (Å²) >= 11 is 1.44. The molecule has 1 aromatic heterocycles. The maximum Gasteiger partial charge on any atom is 0.291 e. The Balaban J connectivity index is 2.13. The maximum absolute atomic E-state index is 13.6. The predicted molar refractivity (Wildman–Crippen MR) is 66.9 cm³/mol. The van der Waals surface area contributed by atoms with Crippen LogP contribution in [0, 0.1) is 0 Å². The van der Waals surface area contributed by atoms with Crippen molar-refractivity contribution >= 4 is 22.2 Å². The van der Waals surface area contributed by atoms with Gasteiger partial charge in [-0.15, -0.1) is 16.5 Å². The monoisotopic (exact) mass is 268 g/mol. The molecule has 0 aromatic carbocycles. The molecule has 0 bridgehead atoms. The molecular weight excluding hydrogens is 255 g/mol. The highest BCUT2D eigenvalue weighted by atomic mass is 32.1. The molecule has 1 aromatic rings. The van der Waals surface area contributed by atoms with Crippen LogP contribution >= 0.6 is 11.3 Å². The van der Waals surface area contributed by atoms with Crippen molar-refractivity contribution in [1.82, 2.24) is 5.12 Å². The molecule has 0 fully saturated rings. The third kappa shape index (κ3) is 1.56. The quantitative estimate of drug-likeness (QED) is 0.736. The molecule has 18 heavy (non-hydrogen) atoms.